The van der Waals surface area contributed by atoms with Crippen molar-refractivity contribution in [3.05, 3.63) is 167 Å². The molecule has 508 valence electrons. The van der Waals surface area contributed by atoms with Crippen LogP contribution in [0, 0.1) is 0 Å². The van der Waals surface area contributed by atoms with Gasteiger partial charge in [0.2, 0.25) is 35.4 Å². The lowest BCUT2D eigenvalue weighted by Crippen LogP contribution is -2.57. The predicted molar refractivity (Wildman–Crippen MR) is 361 cm³/mol. The number of nitrogens with zero attached hydrogens (tertiary/aromatic N) is 11. The normalized spacial score (nSPS) is 17.4. The van der Waals surface area contributed by atoms with Crippen LogP contribution >= 0.6 is 0 Å². The molecule has 4 aromatic carbocycles. The van der Waals surface area contributed by atoms with E-state index in [-0.39, 0.29) is 88.1 Å². The maximum Gasteiger partial charge on any atom is 0.256 e. The minimum atomic E-state index is -1.38. The van der Waals surface area contributed by atoms with Gasteiger partial charge in [0.15, 0.2) is 0 Å². The summed E-state index contributed by atoms with van der Waals surface area (Å²) in [5.74, 6) is -4.48. The van der Waals surface area contributed by atoms with Gasteiger partial charge < -0.3 is 61.7 Å². The number of aromatic nitrogens is 5. The summed E-state index contributed by atoms with van der Waals surface area (Å²) >= 11 is 0. The van der Waals surface area contributed by atoms with Gasteiger partial charge in [-0.25, -0.2) is 0 Å². The van der Waals surface area contributed by atoms with Crippen LogP contribution in [0.15, 0.2) is 128 Å². The number of hydrogen-bond acceptors (Lipinski definition) is 16. The highest BCUT2D eigenvalue weighted by molar-refractivity contribution is 6.03. The van der Waals surface area contributed by atoms with Crippen LogP contribution in [0.25, 0.3) is 21.8 Å². The Balaban J connectivity index is 1.03. The molecule has 0 saturated carbocycles. The summed E-state index contributed by atoms with van der Waals surface area (Å²) in [6.07, 6.45) is 0.625. The Morgan fingerprint density at radius 2 is 0.969 bits per heavy atom. The zero-order chi connectivity index (χ0) is 68.7. The number of amides is 8. The number of fused-ring (bicyclic) bond motifs is 2. The highest BCUT2D eigenvalue weighted by Gasteiger charge is 2.48. The summed E-state index contributed by atoms with van der Waals surface area (Å²) in [5.41, 5.74) is 16.1. The van der Waals surface area contributed by atoms with Crippen molar-refractivity contribution in [2.24, 2.45) is 11.5 Å². The number of rotatable bonds is 29. The average Bonchev–Trinajstić information content (AvgIpc) is 1.75. The average molecular weight is 1310 g/mol. The van der Waals surface area contributed by atoms with Crippen molar-refractivity contribution in [3.8, 4) is 0 Å². The number of pyridine rings is 2. The number of benzene rings is 4. The van der Waals surface area contributed by atoms with E-state index in [2.05, 4.69) is 20.9 Å². The minimum Gasteiger partial charge on any atom is -0.391 e. The molecule has 25 heteroatoms. The van der Waals surface area contributed by atoms with Gasteiger partial charge >= 0.3 is 0 Å². The molecule has 2 fully saturated rings. The molecule has 8 amide bonds. The highest BCUT2D eigenvalue weighted by atomic mass is 16.3. The molecule has 96 heavy (non-hydrogen) atoms. The molecule has 5 heterocycles. The van der Waals surface area contributed by atoms with Gasteiger partial charge in [0, 0.05) is 110 Å². The van der Waals surface area contributed by atoms with Crippen LogP contribution in [-0.2, 0) is 67.4 Å². The zero-order valence-electron chi connectivity index (χ0n) is 55.5. The summed E-state index contributed by atoms with van der Waals surface area (Å²) < 4.78 is 1.44. The molecule has 0 unspecified atom stereocenters. The number of aliphatic hydroxyl groups excluding tert-OH is 2. The van der Waals surface area contributed by atoms with Crippen LogP contribution < -0.4 is 22.1 Å². The second kappa shape index (κ2) is 32.7. The van der Waals surface area contributed by atoms with Crippen LogP contribution in [0.3, 0.4) is 0 Å². The number of hydrogen-bond donors (Lipinski definition) is 6. The second-order valence-corrected chi connectivity index (χ2v) is 24.9. The fourth-order valence-electron chi connectivity index (χ4n) is 12.8. The van der Waals surface area contributed by atoms with Crippen LogP contribution in [0.1, 0.15) is 94.9 Å². The van der Waals surface area contributed by atoms with Gasteiger partial charge in [-0.15, -0.1) is 5.10 Å². The molecule has 2 aliphatic rings. The molecule has 8 atom stereocenters. The molecule has 9 rings (SSSR count). The van der Waals surface area contributed by atoms with E-state index in [9.17, 15) is 29.4 Å². The van der Waals surface area contributed by atoms with Gasteiger partial charge in [0.25, 0.3) is 11.8 Å². The molecular weight excluding hydrogens is 1220 g/mol. The number of nitrogens with one attached hydrogen (secondary N) is 2. The van der Waals surface area contributed by atoms with E-state index in [1.807, 2.05) is 123 Å². The van der Waals surface area contributed by atoms with Crippen LogP contribution in [0.5, 0.6) is 0 Å². The summed E-state index contributed by atoms with van der Waals surface area (Å²) in [7, 11) is 5.96. The summed E-state index contributed by atoms with van der Waals surface area (Å²) in [5, 5.41) is 38.9. The predicted octanol–water partition coefficient (Wildman–Crippen LogP) is 2.71. The zero-order valence-corrected chi connectivity index (χ0v) is 55.5. The summed E-state index contributed by atoms with van der Waals surface area (Å²) in [6, 6.07) is 29.4. The van der Waals surface area contributed by atoms with E-state index in [1.165, 1.54) is 62.3 Å². The largest absolute Gasteiger partial charge is 0.391 e. The standard InChI is InChI=1S/C71H89N15O10/c1-7-54-52(37-47-25-15-17-27-56(47)76-54)66(91)80(3)58(70(95)85-43-50(87)40-62(85)68(93)81(4)59(64(89)74-32-19-30-72)35-45-21-11-9-12-22-45)29-34-84-42-49(78-79-84)39-61(83(6)67(92)53-38-48-26-16-18-28-57(48)77-55(53)8-2)71(96)86-44-51(88)41-63(86)69(94)82(5)60(65(90)75-33-20-31-73)36-46-23-13-10-14-24-46/h9-18,21-28,37-38,42,50-51,58-63,87-88H,7-8,19-20,29-36,39-41,43-44,72-73H2,1-6H3,(H,74,89)(H,75,90)/t50-,51-,58+,59+,60+,61+,62+,63+/m1/s1. The van der Waals surface area contributed by atoms with Gasteiger partial charge in [-0.2, -0.15) is 0 Å². The number of carbonyl (C=O) groups is 8. The van der Waals surface area contributed by atoms with Crippen molar-refractivity contribution in [2.45, 2.75) is 133 Å². The number of nitrogens with two attached hydrogens (primary N) is 2. The van der Waals surface area contributed by atoms with Gasteiger partial charge in [-0.1, -0.05) is 116 Å². The molecule has 8 N–H and O–H groups in total. The number of β-amino-alcohol motifs (C(OH)–C–C–N with tert-alkyl or cyclic N) is 2. The Morgan fingerprint density at radius 3 is 1.41 bits per heavy atom. The molecule has 0 radical (unpaired) electrons. The molecule has 0 spiro atoms. The third-order valence-electron chi connectivity index (χ3n) is 18.3. The number of para-hydroxylation sites is 2. The Hall–Kier alpha value is -9.56. The molecule has 2 saturated heterocycles. The molecule has 2 aliphatic heterocycles. The third-order valence-corrected chi connectivity index (χ3v) is 18.3. The molecule has 7 aromatic rings. The maximum atomic E-state index is 15.6. The topological polar surface area (TPSA) is 329 Å². The fourth-order valence-corrected chi connectivity index (χ4v) is 12.8. The van der Waals surface area contributed by atoms with Crippen molar-refractivity contribution in [3.63, 3.8) is 0 Å². The summed E-state index contributed by atoms with van der Waals surface area (Å²) in [4.78, 5) is 137. The fraction of sp³-hybridized carbons (Fsp3) is 0.437. The van der Waals surface area contributed by atoms with Gasteiger partial charge in [0.05, 0.1) is 51.5 Å². The molecule has 0 bridgehead atoms. The first-order valence-corrected chi connectivity index (χ1v) is 33.0. The Morgan fingerprint density at radius 1 is 0.552 bits per heavy atom. The van der Waals surface area contributed by atoms with Crippen molar-refractivity contribution >= 4 is 69.1 Å². The van der Waals surface area contributed by atoms with Crippen molar-refractivity contribution in [1.82, 2.24) is 65.0 Å². The van der Waals surface area contributed by atoms with E-state index < -0.39 is 95.7 Å². The van der Waals surface area contributed by atoms with Crippen molar-refractivity contribution < 1.29 is 48.6 Å². The van der Waals surface area contributed by atoms with E-state index in [4.69, 9.17) is 21.4 Å². The smallest absolute Gasteiger partial charge is 0.256 e. The lowest BCUT2D eigenvalue weighted by atomic mass is 10.0. The Labute approximate surface area is 559 Å². The van der Waals surface area contributed by atoms with Crippen LogP contribution in [0.4, 0.5) is 0 Å². The lowest BCUT2D eigenvalue weighted by molar-refractivity contribution is -0.148. The molecule has 3 aromatic heterocycles. The maximum absolute atomic E-state index is 15.6. The Bertz CT molecular complexity index is 3890. The quantitative estimate of drug-likeness (QED) is 0.0367. The second-order valence-electron chi connectivity index (χ2n) is 24.9. The minimum absolute atomic E-state index is 0.0736. The van der Waals surface area contributed by atoms with E-state index in [0.29, 0.717) is 72.0 Å². The first-order valence-electron chi connectivity index (χ1n) is 33.0. The van der Waals surface area contributed by atoms with Crippen LogP contribution in [0.2, 0.25) is 0 Å². The first-order chi connectivity index (χ1) is 46.2. The summed E-state index contributed by atoms with van der Waals surface area (Å²) in [6.45, 7) is 4.35. The monoisotopic (exact) mass is 1310 g/mol. The van der Waals surface area contributed by atoms with E-state index in [1.54, 1.807) is 18.3 Å². The Kier molecular flexibility index (Phi) is 24.1. The lowest BCUT2D eigenvalue weighted by Gasteiger charge is -2.36. The number of likely N-dealkylation sites (tertiary alicyclic amines) is 2. The number of carbonyl (C=O) groups excluding carboxylic acids is 8. The third kappa shape index (κ3) is 16.6. The van der Waals surface area contributed by atoms with Gasteiger partial charge in [0.1, 0.15) is 36.3 Å². The van der Waals surface area contributed by atoms with Crippen LogP contribution in [-0.4, -0.2) is 228 Å². The van der Waals surface area contributed by atoms with Gasteiger partial charge in [-0.05, 0) is 80.6 Å². The SMILES string of the molecule is CCc1nc2ccccc2cc1C(=O)N(C)[C@@H](CCn1cc(C[C@@H](C(=O)N2C[C@H](O)C[C@H]2C(=O)N(C)[C@@H](Cc2ccccc2)C(=O)NCCCN)N(C)C(=O)c2cc3ccccc3nc2CC)nn1)C(=O)N1C[C@H](O)C[C@H]1C(=O)N(C)[C@@H](Cc1ccccc1)C(=O)NCCCN. The molecular formula is C71H89N15O10. The molecule has 25 nitrogen and oxygen atoms in total. The first kappa shape index (κ1) is 70.7. The van der Waals surface area contributed by atoms with Gasteiger partial charge in [-0.3, -0.25) is 53.0 Å². The highest BCUT2D eigenvalue weighted by Crippen LogP contribution is 2.29. The van der Waals surface area contributed by atoms with Crippen molar-refractivity contribution in [1.29, 1.82) is 0 Å². The number of aryl methyl sites for hydroxylation is 3. The van der Waals surface area contributed by atoms with E-state index in [0.717, 1.165) is 11.1 Å². The number of likely N-dealkylation sites (N-methyl/N-ethyl adjacent to an activating group) is 4. The molecule has 0 aliphatic carbocycles. The van der Waals surface area contributed by atoms with Crippen molar-refractivity contribution in [2.75, 3.05) is 67.5 Å². The van der Waals surface area contributed by atoms with E-state index >= 15 is 19.2 Å². The number of aliphatic hydroxyl groups is 2.